The Hall–Kier alpha value is -0.510. The van der Waals surface area contributed by atoms with Crippen LogP contribution in [0.1, 0.15) is 25.3 Å². The van der Waals surface area contributed by atoms with Crippen molar-refractivity contribution in [1.29, 1.82) is 0 Å². The topological polar surface area (TPSA) is 21.3 Å². The van der Waals surface area contributed by atoms with Crippen molar-refractivity contribution in [3.8, 4) is 0 Å². The van der Waals surface area contributed by atoms with Gasteiger partial charge in [-0.2, -0.15) is 0 Å². The maximum absolute atomic E-state index is 4.95. The molecule has 0 saturated heterocycles. The molecule has 0 radical (unpaired) electrons. The summed E-state index contributed by atoms with van der Waals surface area (Å²) >= 11 is 1.65. The number of nitrogens with one attached hydrogen (secondary N) is 1. The number of hydrogen-bond donors (Lipinski definition) is 1. The van der Waals surface area contributed by atoms with E-state index in [0.717, 1.165) is 13.2 Å². The minimum atomic E-state index is 0.602. The van der Waals surface area contributed by atoms with E-state index in [2.05, 4.69) is 42.8 Å². The van der Waals surface area contributed by atoms with Gasteiger partial charge in [-0.15, -0.1) is 0 Å². The maximum atomic E-state index is 4.95. The van der Waals surface area contributed by atoms with Gasteiger partial charge in [0, 0.05) is 18.6 Å². The molecule has 0 bridgehead atoms. The lowest BCUT2D eigenvalue weighted by atomic mass is 10.0. The standard InChI is InChI=1S/C12H19NOS/c1-10(2)11-4-6-12(7-5-11)15-13-8-9-14-3/h4-7,10,13H,8-9H2,1-3H3. The predicted octanol–water partition coefficient (Wildman–Crippen LogP) is 3.05. The molecule has 84 valence electrons. The van der Waals surface area contributed by atoms with E-state index in [9.17, 15) is 0 Å². The molecule has 0 saturated carbocycles. The highest BCUT2D eigenvalue weighted by Gasteiger charge is 1.98. The Labute approximate surface area is 96.5 Å². The first-order chi connectivity index (χ1) is 7.24. The van der Waals surface area contributed by atoms with E-state index in [1.807, 2.05) is 0 Å². The summed E-state index contributed by atoms with van der Waals surface area (Å²) in [7, 11) is 1.71. The molecule has 1 aromatic rings. The second-order valence-electron chi connectivity index (χ2n) is 3.71. The third kappa shape index (κ3) is 4.69. The number of hydrogen-bond acceptors (Lipinski definition) is 3. The first kappa shape index (κ1) is 12.6. The molecule has 2 nitrogen and oxygen atoms in total. The van der Waals surface area contributed by atoms with Gasteiger partial charge in [0.05, 0.1) is 6.61 Å². The van der Waals surface area contributed by atoms with Crippen LogP contribution in [0.4, 0.5) is 0 Å². The highest BCUT2D eigenvalue weighted by atomic mass is 32.2. The van der Waals surface area contributed by atoms with E-state index < -0.39 is 0 Å². The average molecular weight is 225 g/mol. The van der Waals surface area contributed by atoms with E-state index >= 15 is 0 Å². The van der Waals surface area contributed by atoms with Crippen LogP contribution in [-0.2, 0) is 4.74 Å². The molecule has 1 aromatic carbocycles. The van der Waals surface area contributed by atoms with Crippen LogP contribution in [-0.4, -0.2) is 20.3 Å². The van der Waals surface area contributed by atoms with Crippen LogP contribution in [0.3, 0.4) is 0 Å². The summed E-state index contributed by atoms with van der Waals surface area (Å²) in [5.41, 5.74) is 1.39. The largest absolute Gasteiger partial charge is 0.383 e. The summed E-state index contributed by atoms with van der Waals surface area (Å²) in [6.45, 7) is 6.03. The van der Waals surface area contributed by atoms with Gasteiger partial charge in [0.15, 0.2) is 0 Å². The van der Waals surface area contributed by atoms with Gasteiger partial charge in [-0.3, -0.25) is 4.72 Å². The van der Waals surface area contributed by atoms with Gasteiger partial charge in [-0.25, -0.2) is 0 Å². The van der Waals surface area contributed by atoms with E-state index in [1.165, 1.54) is 10.5 Å². The second-order valence-corrected chi connectivity index (χ2v) is 4.68. The molecule has 0 aliphatic carbocycles. The van der Waals surface area contributed by atoms with Crippen LogP contribution in [0.25, 0.3) is 0 Å². The second kappa shape index (κ2) is 6.88. The van der Waals surface area contributed by atoms with Crippen LogP contribution in [0, 0.1) is 0 Å². The van der Waals surface area contributed by atoms with Gasteiger partial charge < -0.3 is 4.74 Å². The number of ether oxygens (including phenoxy) is 1. The van der Waals surface area contributed by atoms with Crippen molar-refractivity contribution in [2.24, 2.45) is 0 Å². The molecule has 0 aliphatic heterocycles. The zero-order valence-corrected chi connectivity index (χ0v) is 10.4. The van der Waals surface area contributed by atoms with Crippen molar-refractivity contribution in [3.05, 3.63) is 29.8 Å². The smallest absolute Gasteiger partial charge is 0.0596 e. The summed E-state index contributed by atoms with van der Waals surface area (Å²) in [6, 6.07) is 8.68. The number of benzene rings is 1. The zero-order valence-electron chi connectivity index (χ0n) is 9.62. The van der Waals surface area contributed by atoms with Crippen molar-refractivity contribution in [1.82, 2.24) is 4.72 Å². The van der Waals surface area contributed by atoms with Gasteiger partial charge in [0.25, 0.3) is 0 Å². The average Bonchev–Trinajstić information content (AvgIpc) is 2.25. The fourth-order valence-electron chi connectivity index (χ4n) is 1.20. The molecule has 0 heterocycles. The molecule has 1 rings (SSSR count). The molecule has 0 fully saturated rings. The first-order valence-electron chi connectivity index (χ1n) is 5.22. The summed E-state index contributed by atoms with van der Waals surface area (Å²) in [5.74, 6) is 0.602. The fourth-order valence-corrected chi connectivity index (χ4v) is 1.82. The summed E-state index contributed by atoms with van der Waals surface area (Å²) in [4.78, 5) is 1.25. The molecule has 0 atom stereocenters. The van der Waals surface area contributed by atoms with Crippen LogP contribution in [0.15, 0.2) is 29.2 Å². The van der Waals surface area contributed by atoms with Gasteiger partial charge in [0.1, 0.15) is 0 Å². The van der Waals surface area contributed by atoms with Crippen molar-refractivity contribution in [2.75, 3.05) is 20.3 Å². The van der Waals surface area contributed by atoms with Crippen LogP contribution >= 0.6 is 11.9 Å². The van der Waals surface area contributed by atoms with Gasteiger partial charge in [0.2, 0.25) is 0 Å². The molecule has 3 heteroatoms. The van der Waals surface area contributed by atoms with Crippen molar-refractivity contribution >= 4 is 11.9 Å². The Morgan fingerprint density at radius 3 is 2.47 bits per heavy atom. The van der Waals surface area contributed by atoms with Crippen LogP contribution in [0.5, 0.6) is 0 Å². The molecule has 0 spiro atoms. The highest BCUT2D eigenvalue weighted by molar-refractivity contribution is 7.97. The van der Waals surface area contributed by atoms with Gasteiger partial charge in [-0.05, 0) is 35.6 Å². The Kier molecular flexibility index (Phi) is 5.76. The molecular weight excluding hydrogens is 206 g/mol. The number of rotatable bonds is 6. The number of methoxy groups -OCH3 is 1. The predicted molar refractivity (Wildman–Crippen MR) is 66.3 cm³/mol. The summed E-state index contributed by atoms with van der Waals surface area (Å²) in [6.07, 6.45) is 0. The Bertz CT molecular complexity index is 271. The third-order valence-corrected chi connectivity index (χ3v) is 3.00. The summed E-state index contributed by atoms with van der Waals surface area (Å²) < 4.78 is 8.20. The van der Waals surface area contributed by atoms with E-state index in [-0.39, 0.29) is 0 Å². The van der Waals surface area contributed by atoms with Crippen molar-refractivity contribution in [2.45, 2.75) is 24.7 Å². The molecule has 1 N–H and O–H groups in total. The Morgan fingerprint density at radius 1 is 1.27 bits per heavy atom. The Balaban J connectivity index is 2.36. The lowest BCUT2D eigenvalue weighted by Crippen LogP contribution is -2.10. The van der Waals surface area contributed by atoms with Crippen LogP contribution < -0.4 is 4.72 Å². The molecular formula is C12H19NOS. The SMILES string of the molecule is COCCNSc1ccc(C(C)C)cc1. The highest BCUT2D eigenvalue weighted by Crippen LogP contribution is 2.19. The minimum absolute atomic E-state index is 0.602. The lowest BCUT2D eigenvalue weighted by molar-refractivity contribution is 0.205. The maximum Gasteiger partial charge on any atom is 0.0596 e. The Morgan fingerprint density at radius 2 is 1.93 bits per heavy atom. The minimum Gasteiger partial charge on any atom is -0.383 e. The van der Waals surface area contributed by atoms with Gasteiger partial charge in [-0.1, -0.05) is 26.0 Å². The normalized spacial score (nSPS) is 10.9. The zero-order chi connectivity index (χ0) is 11.1. The lowest BCUT2D eigenvalue weighted by Gasteiger charge is -2.07. The molecule has 0 amide bonds. The van der Waals surface area contributed by atoms with Gasteiger partial charge >= 0.3 is 0 Å². The van der Waals surface area contributed by atoms with Crippen molar-refractivity contribution in [3.63, 3.8) is 0 Å². The van der Waals surface area contributed by atoms with Crippen molar-refractivity contribution < 1.29 is 4.74 Å². The monoisotopic (exact) mass is 225 g/mol. The molecule has 0 aromatic heterocycles. The molecule has 0 unspecified atom stereocenters. The summed E-state index contributed by atoms with van der Waals surface area (Å²) in [5, 5.41) is 0. The fraction of sp³-hybridized carbons (Fsp3) is 0.500. The van der Waals surface area contributed by atoms with Crippen LogP contribution in [0.2, 0.25) is 0 Å². The molecule has 0 aliphatic rings. The quantitative estimate of drug-likeness (QED) is 0.594. The third-order valence-electron chi connectivity index (χ3n) is 2.15. The van der Waals surface area contributed by atoms with E-state index in [1.54, 1.807) is 19.1 Å². The van der Waals surface area contributed by atoms with E-state index in [0.29, 0.717) is 5.92 Å². The molecule has 15 heavy (non-hydrogen) atoms. The first-order valence-corrected chi connectivity index (χ1v) is 6.04. The van der Waals surface area contributed by atoms with E-state index in [4.69, 9.17) is 4.74 Å².